The van der Waals surface area contributed by atoms with E-state index in [1.165, 1.54) is 12.7 Å². The summed E-state index contributed by atoms with van der Waals surface area (Å²) < 4.78 is 3.51. The molecule has 0 spiro atoms. The monoisotopic (exact) mass is 517 g/mol. The lowest BCUT2D eigenvalue weighted by Crippen LogP contribution is -2.24. The molecule has 4 rings (SSSR count). The number of aromatic nitrogens is 6. The summed E-state index contributed by atoms with van der Waals surface area (Å²) in [5.41, 5.74) is 5.21. The van der Waals surface area contributed by atoms with Gasteiger partial charge in [0.25, 0.3) is 0 Å². The summed E-state index contributed by atoms with van der Waals surface area (Å²) in [5, 5.41) is 37.8. The van der Waals surface area contributed by atoms with Crippen LogP contribution in [0.25, 0.3) is 0 Å². The van der Waals surface area contributed by atoms with Crippen LogP contribution >= 0.6 is 0 Å². The molecule has 4 aromatic rings. The van der Waals surface area contributed by atoms with Gasteiger partial charge in [-0.05, 0) is 73.4 Å². The van der Waals surface area contributed by atoms with E-state index in [2.05, 4.69) is 74.8 Å². The summed E-state index contributed by atoms with van der Waals surface area (Å²) in [6, 6.07) is 19.7. The Bertz CT molecular complexity index is 1520. The largest absolute Gasteiger partial charge is 0.249 e. The minimum Gasteiger partial charge on any atom is -0.249 e. The number of hydrogen-bond donors (Lipinski definition) is 0. The molecule has 196 valence electrons. The smallest absolute Gasteiger partial charge is 0.137 e. The van der Waals surface area contributed by atoms with Crippen molar-refractivity contribution in [1.82, 2.24) is 29.5 Å². The first kappa shape index (κ1) is 27.2. The zero-order valence-corrected chi connectivity index (χ0v) is 22.5. The Labute approximate surface area is 229 Å². The van der Waals surface area contributed by atoms with Crippen molar-refractivity contribution >= 4 is 0 Å². The van der Waals surface area contributed by atoms with Crippen LogP contribution in [0.15, 0.2) is 61.7 Å². The second kappa shape index (κ2) is 12.2. The summed E-state index contributed by atoms with van der Waals surface area (Å²) in [6.45, 7) is 6.84. The van der Waals surface area contributed by atoms with Gasteiger partial charge in [-0.2, -0.15) is 26.0 Å². The molecule has 2 aromatic heterocycles. The Morgan fingerprint density at radius 3 is 1.67 bits per heavy atom. The van der Waals surface area contributed by atoms with E-state index >= 15 is 0 Å². The summed E-state index contributed by atoms with van der Waals surface area (Å²) in [4.78, 5) is 8.08. The molecule has 9 nitrogen and oxygen atoms in total. The van der Waals surface area contributed by atoms with Crippen molar-refractivity contribution in [2.24, 2.45) is 11.8 Å². The third-order valence-corrected chi connectivity index (χ3v) is 6.75. The Morgan fingerprint density at radius 2 is 1.18 bits per heavy atom. The lowest BCUT2D eigenvalue weighted by molar-refractivity contribution is 0.598. The number of nitrogens with zero attached hydrogens (tertiary/aromatic N) is 9. The third kappa shape index (κ3) is 7.15. The first-order valence-corrected chi connectivity index (χ1v) is 12.9. The van der Waals surface area contributed by atoms with Gasteiger partial charge in [-0.3, -0.25) is 0 Å². The van der Waals surface area contributed by atoms with Crippen LogP contribution in [0.2, 0.25) is 0 Å². The molecule has 2 aromatic carbocycles. The first-order chi connectivity index (χ1) is 18.8. The molecule has 0 saturated heterocycles. The SMILES string of the molecule is C[C@H](C#N)Cc1cc(Cn2cncn2)cc(C[C@](C)(C#N)c2cc(C[C@H](C)C#N)cc(Cn3cncn3)c2)c1. The van der Waals surface area contributed by atoms with Crippen LogP contribution in [-0.4, -0.2) is 29.5 Å². The van der Waals surface area contributed by atoms with Crippen molar-refractivity contribution in [3.8, 4) is 18.2 Å². The Balaban J connectivity index is 1.72. The van der Waals surface area contributed by atoms with Gasteiger partial charge < -0.3 is 0 Å². The molecule has 39 heavy (non-hydrogen) atoms. The summed E-state index contributed by atoms with van der Waals surface area (Å²) in [7, 11) is 0. The highest BCUT2D eigenvalue weighted by molar-refractivity contribution is 5.42. The van der Waals surface area contributed by atoms with Crippen molar-refractivity contribution in [1.29, 1.82) is 15.8 Å². The zero-order valence-electron chi connectivity index (χ0n) is 22.5. The molecule has 0 unspecified atom stereocenters. The van der Waals surface area contributed by atoms with Crippen molar-refractivity contribution < 1.29 is 0 Å². The molecule has 9 heteroatoms. The topological polar surface area (TPSA) is 133 Å². The maximum absolute atomic E-state index is 10.5. The Hall–Kier alpha value is -4.81. The van der Waals surface area contributed by atoms with E-state index in [9.17, 15) is 15.8 Å². The van der Waals surface area contributed by atoms with E-state index in [1.807, 2.05) is 20.8 Å². The molecule has 0 amide bonds. The fourth-order valence-electron chi connectivity index (χ4n) is 4.86. The van der Waals surface area contributed by atoms with Gasteiger partial charge in [0.2, 0.25) is 0 Å². The fraction of sp³-hybridized carbons (Fsp3) is 0.367. The fourth-order valence-corrected chi connectivity index (χ4v) is 4.86. The number of rotatable bonds is 11. The van der Waals surface area contributed by atoms with E-state index in [-0.39, 0.29) is 11.8 Å². The molecule has 0 bridgehead atoms. The first-order valence-electron chi connectivity index (χ1n) is 12.9. The van der Waals surface area contributed by atoms with E-state index in [0.29, 0.717) is 32.4 Å². The highest BCUT2D eigenvalue weighted by Gasteiger charge is 2.28. The van der Waals surface area contributed by atoms with Gasteiger partial charge in [-0.1, -0.05) is 36.4 Å². The van der Waals surface area contributed by atoms with E-state index in [4.69, 9.17) is 0 Å². The second-order valence-electron chi connectivity index (χ2n) is 10.5. The van der Waals surface area contributed by atoms with Crippen LogP contribution in [0.5, 0.6) is 0 Å². The number of benzene rings is 2. The van der Waals surface area contributed by atoms with Crippen LogP contribution in [0, 0.1) is 45.8 Å². The molecule has 0 aliphatic carbocycles. The lowest BCUT2D eigenvalue weighted by Gasteiger charge is -2.25. The van der Waals surface area contributed by atoms with Crippen molar-refractivity contribution in [2.75, 3.05) is 0 Å². The molecular formula is C30H31N9. The average molecular weight is 518 g/mol. The van der Waals surface area contributed by atoms with Crippen LogP contribution in [0.3, 0.4) is 0 Å². The normalized spacial score (nSPS) is 13.9. The highest BCUT2D eigenvalue weighted by Crippen LogP contribution is 2.31. The minimum absolute atomic E-state index is 0.125. The third-order valence-electron chi connectivity index (χ3n) is 6.75. The van der Waals surface area contributed by atoms with Crippen LogP contribution < -0.4 is 0 Å². The average Bonchev–Trinajstić information content (AvgIpc) is 3.62. The van der Waals surface area contributed by atoms with E-state index in [0.717, 1.165) is 33.4 Å². The van der Waals surface area contributed by atoms with Crippen LogP contribution in [0.4, 0.5) is 0 Å². The van der Waals surface area contributed by atoms with E-state index < -0.39 is 5.41 Å². The number of hydrogen-bond acceptors (Lipinski definition) is 7. The Kier molecular flexibility index (Phi) is 8.49. The molecule has 2 heterocycles. The van der Waals surface area contributed by atoms with Gasteiger partial charge >= 0.3 is 0 Å². The molecule has 0 fully saturated rings. The minimum atomic E-state index is -0.826. The molecule has 0 aliphatic heterocycles. The van der Waals surface area contributed by atoms with Crippen molar-refractivity contribution in [3.63, 3.8) is 0 Å². The molecule has 0 N–H and O–H groups in total. The van der Waals surface area contributed by atoms with Crippen LogP contribution in [0.1, 0.15) is 54.2 Å². The summed E-state index contributed by atoms with van der Waals surface area (Å²) >= 11 is 0. The predicted octanol–water partition coefficient (Wildman–Crippen LogP) is 4.39. The lowest BCUT2D eigenvalue weighted by atomic mass is 9.76. The Morgan fingerprint density at radius 1 is 0.718 bits per heavy atom. The summed E-state index contributed by atoms with van der Waals surface area (Å²) in [6.07, 6.45) is 8.06. The standard InChI is InChI=1S/C30H31N9/c1-22(13-31)4-24-6-26(9-27(7-24)15-38-20-34-18-36-38)12-30(3,17-33)29-10-25(5-23(2)14-32)8-28(11-29)16-39-21-35-19-37-39/h6-11,18-23H,4-5,12,15-16H2,1-3H3/t22-,23-,30+/m0/s1. The molecule has 0 radical (unpaired) electrons. The van der Waals surface area contributed by atoms with Crippen molar-refractivity contribution in [2.45, 2.75) is 58.5 Å². The van der Waals surface area contributed by atoms with Crippen LogP contribution in [-0.2, 0) is 37.8 Å². The van der Waals surface area contributed by atoms with Gasteiger partial charge in [-0.15, -0.1) is 0 Å². The molecule has 3 atom stereocenters. The van der Waals surface area contributed by atoms with E-state index in [1.54, 1.807) is 22.0 Å². The van der Waals surface area contributed by atoms with Gasteiger partial charge in [-0.25, -0.2) is 19.3 Å². The zero-order chi connectivity index (χ0) is 27.8. The quantitative estimate of drug-likeness (QED) is 0.288. The molecule has 0 saturated carbocycles. The van der Waals surface area contributed by atoms with Gasteiger partial charge in [0.1, 0.15) is 25.3 Å². The maximum Gasteiger partial charge on any atom is 0.137 e. The molecule has 0 aliphatic rings. The molecular weight excluding hydrogens is 486 g/mol. The van der Waals surface area contributed by atoms with Gasteiger partial charge in [0.05, 0.1) is 36.7 Å². The summed E-state index contributed by atoms with van der Waals surface area (Å²) in [5.74, 6) is -0.272. The highest BCUT2D eigenvalue weighted by atomic mass is 15.3. The second-order valence-corrected chi connectivity index (χ2v) is 10.5. The van der Waals surface area contributed by atoms with Crippen molar-refractivity contribution in [3.05, 3.63) is 95.1 Å². The predicted molar refractivity (Wildman–Crippen MR) is 145 cm³/mol. The number of nitriles is 3. The van der Waals surface area contributed by atoms with Gasteiger partial charge in [0, 0.05) is 11.8 Å². The maximum atomic E-state index is 10.5. The van der Waals surface area contributed by atoms with Gasteiger partial charge in [0.15, 0.2) is 0 Å².